The fraction of sp³-hybridized carbons (Fsp3) is 0.273. The Kier molecular flexibility index (Phi) is 3.79. The number of rotatable bonds is 4. The molecule has 1 unspecified atom stereocenters. The van der Waals surface area contributed by atoms with Gasteiger partial charge in [-0.25, -0.2) is 4.98 Å². The summed E-state index contributed by atoms with van der Waals surface area (Å²) < 4.78 is 0. The Bertz CT molecular complexity index is 425. The number of nitrogens with one attached hydrogen (secondary N) is 1. The molecule has 0 spiro atoms. The van der Waals surface area contributed by atoms with Gasteiger partial charge in [0.2, 0.25) is 0 Å². The van der Waals surface area contributed by atoms with Crippen LogP contribution in [0, 0.1) is 0 Å². The first-order chi connectivity index (χ1) is 7.79. The monoisotopic (exact) mass is 251 g/mol. The first-order valence-corrected chi connectivity index (χ1v) is 7.05. The van der Waals surface area contributed by atoms with E-state index in [-0.39, 0.29) is 6.04 Å². The van der Waals surface area contributed by atoms with E-state index in [1.54, 1.807) is 23.1 Å². The predicted molar refractivity (Wildman–Crippen MR) is 70.2 cm³/mol. The van der Waals surface area contributed by atoms with Gasteiger partial charge in [0.25, 0.3) is 0 Å². The molecule has 84 valence electrons. The van der Waals surface area contributed by atoms with Crippen LogP contribution in [0.2, 0.25) is 0 Å². The van der Waals surface area contributed by atoms with Crippen molar-refractivity contribution < 1.29 is 0 Å². The molecule has 3 nitrogen and oxygen atoms in total. The minimum absolute atomic E-state index is 0.250. The fourth-order valence-electron chi connectivity index (χ4n) is 1.32. The van der Waals surface area contributed by atoms with E-state index < -0.39 is 0 Å². The summed E-state index contributed by atoms with van der Waals surface area (Å²) in [7, 11) is 0. The topological polar surface area (TPSA) is 37.8 Å². The van der Waals surface area contributed by atoms with Crippen molar-refractivity contribution in [3.63, 3.8) is 0 Å². The fourth-order valence-corrected chi connectivity index (χ4v) is 2.31. The number of thiazole rings is 1. The van der Waals surface area contributed by atoms with Crippen molar-refractivity contribution in [2.45, 2.75) is 17.9 Å². The zero-order valence-electron chi connectivity index (χ0n) is 9.18. The second kappa shape index (κ2) is 5.32. The van der Waals surface area contributed by atoms with Gasteiger partial charge in [-0.3, -0.25) is 4.98 Å². The molecular weight excluding hydrogens is 238 g/mol. The maximum atomic E-state index is 4.35. The van der Waals surface area contributed by atoms with Gasteiger partial charge in [0.05, 0.1) is 11.6 Å². The van der Waals surface area contributed by atoms with Crippen molar-refractivity contribution >= 4 is 28.9 Å². The van der Waals surface area contributed by atoms with Crippen LogP contribution in [0.3, 0.4) is 0 Å². The Labute approximate surface area is 103 Å². The van der Waals surface area contributed by atoms with E-state index >= 15 is 0 Å². The highest BCUT2D eigenvalue weighted by molar-refractivity contribution is 7.98. The lowest BCUT2D eigenvalue weighted by Crippen LogP contribution is -2.06. The Morgan fingerprint density at radius 2 is 2.25 bits per heavy atom. The largest absolute Gasteiger partial charge is 0.363 e. The molecule has 2 aromatic rings. The first kappa shape index (κ1) is 11.4. The van der Waals surface area contributed by atoms with Crippen LogP contribution in [0.4, 0.5) is 5.82 Å². The molecular formula is C11H13N3S2. The van der Waals surface area contributed by atoms with Crippen molar-refractivity contribution in [3.05, 3.63) is 34.9 Å². The Morgan fingerprint density at radius 1 is 1.38 bits per heavy atom. The molecule has 1 atom stereocenters. The van der Waals surface area contributed by atoms with Crippen molar-refractivity contribution in [3.8, 4) is 0 Å². The van der Waals surface area contributed by atoms with Crippen molar-refractivity contribution in [2.24, 2.45) is 0 Å². The maximum absolute atomic E-state index is 4.35. The van der Waals surface area contributed by atoms with Gasteiger partial charge < -0.3 is 5.32 Å². The lowest BCUT2D eigenvalue weighted by atomic mass is 10.3. The number of hydrogen-bond donors (Lipinski definition) is 1. The van der Waals surface area contributed by atoms with Gasteiger partial charge in [-0.2, -0.15) is 0 Å². The van der Waals surface area contributed by atoms with E-state index in [0.29, 0.717) is 0 Å². The van der Waals surface area contributed by atoms with Gasteiger partial charge in [0.1, 0.15) is 5.82 Å². The maximum Gasteiger partial charge on any atom is 0.126 e. The van der Waals surface area contributed by atoms with Gasteiger partial charge in [-0.05, 0) is 25.3 Å². The third kappa shape index (κ3) is 2.74. The van der Waals surface area contributed by atoms with Crippen molar-refractivity contribution in [1.82, 2.24) is 9.97 Å². The van der Waals surface area contributed by atoms with E-state index in [4.69, 9.17) is 0 Å². The molecule has 2 rings (SSSR count). The minimum Gasteiger partial charge on any atom is -0.363 e. The molecule has 0 radical (unpaired) electrons. The summed E-state index contributed by atoms with van der Waals surface area (Å²) in [6.45, 7) is 2.11. The van der Waals surface area contributed by atoms with Crippen LogP contribution in [-0.2, 0) is 0 Å². The molecule has 0 aliphatic heterocycles. The van der Waals surface area contributed by atoms with Crippen molar-refractivity contribution in [1.29, 1.82) is 0 Å². The predicted octanol–water partition coefficient (Wildman–Crippen LogP) is 3.43. The van der Waals surface area contributed by atoms with E-state index in [1.165, 1.54) is 9.77 Å². The highest BCUT2D eigenvalue weighted by Gasteiger charge is 2.07. The molecule has 0 saturated carbocycles. The van der Waals surface area contributed by atoms with Gasteiger partial charge in [-0.1, -0.05) is 0 Å². The smallest absolute Gasteiger partial charge is 0.126 e. The second-order valence-electron chi connectivity index (χ2n) is 3.35. The quantitative estimate of drug-likeness (QED) is 0.845. The summed E-state index contributed by atoms with van der Waals surface area (Å²) >= 11 is 3.35. The molecule has 0 aliphatic rings. The molecule has 0 aromatic carbocycles. The van der Waals surface area contributed by atoms with Crippen LogP contribution in [0.5, 0.6) is 0 Å². The number of hydrogen-bond acceptors (Lipinski definition) is 5. The molecule has 2 aromatic heterocycles. The van der Waals surface area contributed by atoms with Gasteiger partial charge in [-0.15, -0.1) is 23.1 Å². The van der Waals surface area contributed by atoms with Crippen LogP contribution in [0.25, 0.3) is 0 Å². The lowest BCUT2D eigenvalue weighted by molar-refractivity contribution is 0.891. The van der Waals surface area contributed by atoms with E-state index in [2.05, 4.69) is 28.3 Å². The van der Waals surface area contributed by atoms with Crippen molar-refractivity contribution in [2.75, 3.05) is 11.6 Å². The summed E-state index contributed by atoms with van der Waals surface area (Å²) in [4.78, 5) is 10.8. The minimum atomic E-state index is 0.250. The Morgan fingerprint density at radius 3 is 2.81 bits per heavy atom. The molecule has 0 amide bonds. The molecule has 0 fully saturated rings. The number of anilines is 1. The molecule has 0 bridgehead atoms. The number of aromatic nitrogens is 2. The summed E-state index contributed by atoms with van der Waals surface area (Å²) in [5.74, 6) is 0.902. The third-order valence-electron chi connectivity index (χ3n) is 2.21. The molecule has 2 heterocycles. The molecule has 0 aliphatic carbocycles. The standard InChI is InChI=1S/C11H13N3S2/c1-8(10-6-12-7-16-10)14-11-4-3-9(15-2)5-13-11/h3-8H,1-2H3,(H,13,14). The Balaban J connectivity index is 2.03. The van der Waals surface area contributed by atoms with Crippen LogP contribution >= 0.6 is 23.1 Å². The van der Waals surface area contributed by atoms with Gasteiger partial charge >= 0.3 is 0 Å². The molecule has 1 N–H and O–H groups in total. The number of nitrogens with zero attached hydrogens (tertiary/aromatic N) is 2. The van der Waals surface area contributed by atoms with E-state index in [1.807, 2.05) is 30.2 Å². The van der Waals surface area contributed by atoms with Crippen LogP contribution in [0.15, 0.2) is 34.9 Å². The van der Waals surface area contributed by atoms with E-state index in [0.717, 1.165) is 5.82 Å². The normalized spacial score (nSPS) is 12.4. The lowest BCUT2D eigenvalue weighted by Gasteiger charge is -2.12. The summed E-state index contributed by atoms with van der Waals surface area (Å²) in [5, 5.41) is 3.35. The average Bonchev–Trinajstić information content (AvgIpc) is 2.83. The Hall–Kier alpha value is -1.07. The van der Waals surface area contributed by atoms with Crippen LogP contribution in [0.1, 0.15) is 17.8 Å². The molecule has 16 heavy (non-hydrogen) atoms. The SMILES string of the molecule is CSc1ccc(NC(C)c2cncs2)nc1. The zero-order valence-corrected chi connectivity index (χ0v) is 10.8. The number of thioether (sulfide) groups is 1. The average molecular weight is 251 g/mol. The van der Waals surface area contributed by atoms with E-state index in [9.17, 15) is 0 Å². The first-order valence-electron chi connectivity index (χ1n) is 4.94. The zero-order chi connectivity index (χ0) is 11.4. The second-order valence-corrected chi connectivity index (χ2v) is 5.15. The highest BCUT2D eigenvalue weighted by atomic mass is 32.2. The number of pyridine rings is 1. The summed E-state index contributed by atoms with van der Waals surface area (Å²) in [5.41, 5.74) is 1.85. The molecule has 5 heteroatoms. The molecule has 0 saturated heterocycles. The summed E-state index contributed by atoms with van der Waals surface area (Å²) in [6.07, 6.45) is 5.81. The summed E-state index contributed by atoms with van der Waals surface area (Å²) in [6, 6.07) is 4.32. The van der Waals surface area contributed by atoms with Crippen LogP contribution in [-0.4, -0.2) is 16.2 Å². The van der Waals surface area contributed by atoms with Crippen LogP contribution < -0.4 is 5.32 Å². The highest BCUT2D eigenvalue weighted by Crippen LogP contribution is 2.21. The third-order valence-corrected chi connectivity index (χ3v) is 3.89. The van der Waals surface area contributed by atoms with Gasteiger partial charge in [0, 0.05) is 22.2 Å². The van der Waals surface area contributed by atoms with Gasteiger partial charge in [0.15, 0.2) is 0 Å².